The molecule has 2 aliphatic heterocycles. The molecule has 196 valence electrons. The van der Waals surface area contributed by atoms with E-state index in [-0.39, 0.29) is 28.3 Å². The van der Waals surface area contributed by atoms with Gasteiger partial charge in [0.25, 0.3) is 11.7 Å². The second-order valence-electron chi connectivity index (χ2n) is 8.47. The standard InChI is InChI=1S/C28H24FNO8/c1-34-21-12-16(13-22(35-2)27(21)36-3)24-23(25(31)15-7-8-19-20(11-15)38-10-9-37-19)26(32)28(33)30(24)18-6-4-5-17(29)14-18/h4-8,11-14,24,31H,9-10H2,1-3H3/b25-23+. The average Bonchev–Trinajstić information content (AvgIpc) is 3.21. The molecular weight excluding hydrogens is 497 g/mol. The topological polar surface area (TPSA) is 104 Å². The van der Waals surface area contributed by atoms with Crippen molar-refractivity contribution in [1.29, 1.82) is 0 Å². The van der Waals surface area contributed by atoms with E-state index in [2.05, 4.69) is 0 Å². The molecule has 9 nitrogen and oxygen atoms in total. The number of halogens is 1. The first-order valence-corrected chi connectivity index (χ1v) is 11.6. The van der Waals surface area contributed by atoms with Crippen LogP contribution in [-0.4, -0.2) is 51.3 Å². The Hall–Kier alpha value is -4.73. The smallest absolute Gasteiger partial charge is 0.300 e. The molecule has 38 heavy (non-hydrogen) atoms. The minimum Gasteiger partial charge on any atom is -0.507 e. The number of ketones is 1. The Morgan fingerprint density at radius 3 is 2.24 bits per heavy atom. The van der Waals surface area contributed by atoms with Crippen molar-refractivity contribution in [1.82, 2.24) is 0 Å². The monoisotopic (exact) mass is 521 g/mol. The number of methoxy groups -OCH3 is 3. The van der Waals surface area contributed by atoms with Crippen LogP contribution in [0.5, 0.6) is 28.7 Å². The Labute approximate surface area is 217 Å². The summed E-state index contributed by atoms with van der Waals surface area (Å²) in [4.78, 5) is 28.0. The van der Waals surface area contributed by atoms with Gasteiger partial charge in [0.15, 0.2) is 23.0 Å². The molecule has 0 radical (unpaired) electrons. The van der Waals surface area contributed by atoms with Crippen LogP contribution in [0.25, 0.3) is 5.76 Å². The van der Waals surface area contributed by atoms with Crippen LogP contribution in [0, 0.1) is 5.82 Å². The van der Waals surface area contributed by atoms with Gasteiger partial charge in [-0.2, -0.15) is 0 Å². The van der Waals surface area contributed by atoms with Crippen LogP contribution in [0.1, 0.15) is 17.2 Å². The summed E-state index contributed by atoms with van der Waals surface area (Å²) in [5, 5.41) is 11.4. The first-order valence-electron chi connectivity index (χ1n) is 11.6. The maximum Gasteiger partial charge on any atom is 0.300 e. The number of carbonyl (C=O) groups is 2. The minimum atomic E-state index is -1.15. The van der Waals surface area contributed by atoms with E-state index in [0.717, 1.165) is 11.0 Å². The van der Waals surface area contributed by atoms with Gasteiger partial charge in [0.2, 0.25) is 5.75 Å². The Kier molecular flexibility index (Phi) is 6.54. The molecule has 2 aliphatic rings. The molecule has 0 aliphatic carbocycles. The lowest BCUT2D eigenvalue weighted by molar-refractivity contribution is -0.132. The molecule has 5 rings (SSSR count). The molecule has 1 saturated heterocycles. The van der Waals surface area contributed by atoms with Gasteiger partial charge >= 0.3 is 0 Å². The number of fused-ring (bicyclic) bond motifs is 1. The van der Waals surface area contributed by atoms with Gasteiger partial charge in [0, 0.05) is 11.3 Å². The SMILES string of the molecule is COc1cc(C2/C(=C(\O)c3ccc4c(c3)OCCO4)C(=O)C(=O)N2c2cccc(F)c2)cc(OC)c1OC. The molecule has 1 atom stereocenters. The van der Waals surface area contributed by atoms with E-state index in [1.807, 2.05) is 0 Å². The zero-order chi connectivity index (χ0) is 27.0. The van der Waals surface area contributed by atoms with Crippen LogP contribution in [0.3, 0.4) is 0 Å². The highest BCUT2D eigenvalue weighted by Gasteiger charge is 2.47. The number of ether oxygens (including phenoxy) is 5. The molecular formula is C28H24FNO8. The maximum absolute atomic E-state index is 14.2. The predicted octanol–water partition coefficient (Wildman–Crippen LogP) is 4.25. The number of rotatable bonds is 6. The van der Waals surface area contributed by atoms with Gasteiger partial charge in [-0.3, -0.25) is 14.5 Å². The lowest BCUT2D eigenvalue weighted by Gasteiger charge is -2.26. The van der Waals surface area contributed by atoms with Crippen molar-refractivity contribution in [2.45, 2.75) is 6.04 Å². The van der Waals surface area contributed by atoms with Crippen molar-refractivity contribution in [3.63, 3.8) is 0 Å². The third kappa shape index (κ3) is 4.13. The Morgan fingerprint density at radius 1 is 0.921 bits per heavy atom. The Bertz CT molecular complexity index is 1440. The summed E-state index contributed by atoms with van der Waals surface area (Å²) in [5.41, 5.74) is 0.531. The van der Waals surface area contributed by atoms with Crippen molar-refractivity contribution < 1.29 is 42.8 Å². The lowest BCUT2D eigenvalue weighted by atomic mass is 9.94. The molecule has 1 fully saturated rings. The van der Waals surface area contributed by atoms with E-state index in [4.69, 9.17) is 23.7 Å². The number of Topliss-reactive ketones (excluding diaryl/α,β-unsaturated/α-hetero) is 1. The predicted molar refractivity (Wildman–Crippen MR) is 135 cm³/mol. The highest BCUT2D eigenvalue weighted by molar-refractivity contribution is 6.51. The molecule has 0 saturated carbocycles. The largest absolute Gasteiger partial charge is 0.507 e. The average molecular weight is 521 g/mol. The number of aliphatic hydroxyl groups excluding tert-OH is 1. The number of amides is 1. The third-order valence-electron chi connectivity index (χ3n) is 6.35. The second kappa shape index (κ2) is 9.97. The number of aliphatic hydroxyl groups is 1. The zero-order valence-corrected chi connectivity index (χ0v) is 20.8. The summed E-state index contributed by atoms with van der Waals surface area (Å²) >= 11 is 0. The van der Waals surface area contributed by atoms with Crippen LogP contribution < -0.4 is 28.6 Å². The zero-order valence-electron chi connectivity index (χ0n) is 20.8. The van der Waals surface area contributed by atoms with Crippen molar-refractivity contribution in [2.24, 2.45) is 0 Å². The summed E-state index contributed by atoms with van der Waals surface area (Å²) < 4.78 is 41.7. The lowest BCUT2D eigenvalue weighted by Crippen LogP contribution is -2.29. The molecule has 10 heteroatoms. The highest BCUT2D eigenvalue weighted by atomic mass is 19.1. The van der Waals surface area contributed by atoms with Gasteiger partial charge in [0.1, 0.15) is 24.8 Å². The Balaban J connectivity index is 1.75. The van der Waals surface area contributed by atoms with Gasteiger partial charge in [0.05, 0.1) is 32.9 Å². The van der Waals surface area contributed by atoms with Crippen molar-refractivity contribution in [2.75, 3.05) is 39.4 Å². The molecule has 0 aromatic heterocycles. The Morgan fingerprint density at radius 2 is 1.61 bits per heavy atom. The summed E-state index contributed by atoms with van der Waals surface area (Å²) in [6.45, 7) is 0.713. The van der Waals surface area contributed by atoms with E-state index in [1.165, 1.54) is 45.6 Å². The fraction of sp³-hybridized carbons (Fsp3) is 0.214. The maximum atomic E-state index is 14.2. The summed E-state index contributed by atoms with van der Waals surface area (Å²) in [6.07, 6.45) is 0. The number of hydrogen-bond acceptors (Lipinski definition) is 8. The first-order chi connectivity index (χ1) is 18.4. The number of anilines is 1. The van der Waals surface area contributed by atoms with Crippen LogP contribution in [0.4, 0.5) is 10.1 Å². The number of carbonyl (C=O) groups excluding carboxylic acids is 2. The fourth-order valence-electron chi connectivity index (χ4n) is 4.65. The molecule has 1 amide bonds. The van der Waals surface area contributed by atoms with Crippen LogP contribution >= 0.6 is 0 Å². The summed E-state index contributed by atoms with van der Waals surface area (Å²) in [7, 11) is 4.31. The number of hydrogen-bond donors (Lipinski definition) is 1. The molecule has 1 unspecified atom stereocenters. The van der Waals surface area contributed by atoms with Crippen LogP contribution in [0.15, 0.2) is 60.2 Å². The van der Waals surface area contributed by atoms with Crippen molar-refractivity contribution in [3.05, 3.63) is 77.1 Å². The van der Waals surface area contributed by atoms with Gasteiger partial charge < -0.3 is 28.8 Å². The van der Waals surface area contributed by atoms with E-state index in [9.17, 15) is 19.1 Å². The first kappa shape index (κ1) is 24.9. The van der Waals surface area contributed by atoms with Gasteiger partial charge in [-0.15, -0.1) is 0 Å². The number of nitrogens with zero attached hydrogens (tertiary/aromatic N) is 1. The molecule has 0 bridgehead atoms. The van der Waals surface area contributed by atoms with Crippen molar-refractivity contribution in [3.8, 4) is 28.7 Å². The van der Waals surface area contributed by atoms with Crippen LogP contribution in [0.2, 0.25) is 0 Å². The molecule has 0 spiro atoms. The summed E-state index contributed by atoms with van der Waals surface area (Å²) in [6, 6.07) is 12.0. The van der Waals surface area contributed by atoms with Crippen LogP contribution in [-0.2, 0) is 9.59 Å². The molecule has 3 aromatic rings. The van der Waals surface area contributed by atoms with Gasteiger partial charge in [-0.1, -0.05) is 6.07 Å². The van der Waals surface area contributed by atoms with Gasteiger partial charge in [-0.25, -0.2) is 4.39 Å². The number of benzene rings is 3. The normalized spacial score (nSPS) is 17.9. The highest BCUT2D eigenvalue weighted by Crippen LogP contribution is 2.47. The third-order valence-corrected chi connectivity index (χ3v) is 6.35. The van der Waals surface area contributed by atoms with Gasteiger partial charge in [-0.05, 0) is 54.1 Å². The summed E-state index contributed by atoms with van der Waals surface area (Å²) in [5.74, 6) is -1.18. The minimum absolute atomic E-state index is 0.132. The van der Waals surface area contributed by atoms with E-state index >= 15 is 0 Å². The van der Waals surface area contributed by atoms with E-state index in [0.29, 0.717) is 36.0 Å². The van der Waals surface area contributed by atoms with E-state index in [1.54, 1.807) is 24.3 Å². The molecule has 2 heterocycles. The second-order valence-corrected chi connectivity index (χ2v) is 8.47. The fourth-order valence-corrected chi connectivity index (χ4v) is 4.65. The quantitative estimate of drug-likeness (QED) is 0.292. The molecule has 1 N–H and O–H groups in total. The van der Waals surface area contributed by atoms with E-state index < -0.39 is 29.3 Å². The molecule has 3 aromatic carbocycles. The van der Waals surface area contributed by atoms with Crippen molar-refractivity contribution >= 4 is 23.1 Å².